The number of hydrogen-bond donors (Lipinski definition) is 6. The van der Waals surface area contributed by atoms with E-state index in [1.807, 2.05) is 14.7 Å². The summed E-state index contributed by atoms with van der Waals surface area (Å²) >= 11 is 16.5. The fraction of sp³-hybridized carbons (Fsp3) is 0.769. The molecular formula is C13H31N9S3. The van der Waals surface area contributed by atoms with Gasteiger partial charge in [0.1, 0.15) is 0 Å². The van der Waals surface area contributed by atoms with Crippen molar-refractivity contribution in [3.8, 4) is 0 Å². The van der Waals surface area contributed by atoms with Gasteiger partial charge in [0.15, 0.2) is 21.6 Å². The van der Waals surface area contributed by atoms with E-state index in [1.54, 1.807) is 21.1 Å². The molecule has 0 aliphatic rings. The van der Waals surface area contributed by atoms with Gasteiger partial charge in [0.05, 0.1) is 0 Å². The first-order chi connectivity index (χ1) is 11.9. The molecule has 0 unspecified atom stereocenters. The minimum Gasteiger partial charge on any atom is -0.366 e. The Morgan fingerprint density at radius 2 is 0.920 bits per heavy atom. The van der Waals surface area contributed by atoms with E-state index in [9.17, 15) is 0 Å². The molecule has 0 atom stereocenters. The van der Waals surface area contributed by atoms with Gasteiger partial charge in [0.25, 0.3) is 0 Å². The maximum atomic E-state index is 5.81. The summed E-state index contributed by atoms with van der Waals surface area (Å²) in [5.41, 5.74) is 17.4. The van der Waals surface area contributed by atoms with Crippen molar-refractivity contribution in [1.29, 1.82) is 0 Å². The Morgan fingerprint density at radius 3 is 1.08 bits per heavy atom. The number of thiocarbonyl (C=S) groups is 3. The van der Waals surface area contributed by atoms with Gasteiger partial charge < -0.3 is 47.9 Å². The van der Waals surface area contributed by atoms with Gasteiger partial charge in [-0.3, -0.25) is 0 Å². The largest absolute Gasteiger partial charge is 0.366 e. The van der Waals surface area contributed by atoms with E-state index in [0.717, 1.165) is 0 Å². The summed E-state index contributed by atoms with van der Waals surface area (Å²) in [6, 6.07) is 0. The van der Waals surface area contributed by atoms with E-state index >= 15 is 0 Å². The fourth-order valence-corrected chi connectivity index (χ4v) is 2.88. The van der Waals surface area contributed by atoms with Crippen molar-refractivity contribution in [2.45, 2.75) is 6.29 Å². The highest BCUT2D eigenvalue weighted by atomic mass is 32.1. The second kappa shape index (κ2) is 13.2. The molecule has 25 heavy (non-hydrogen) atoms. The Bertz CT molecular complexity index is 373. The molecule has 0 radical (unpaired) electrons. The van der Waals surface area contributed by atoms with E-state index in [2.05, 4.69) is 16.0 Å². The molecule has 12 heteroatoms. The molecule has 146 valence electrons. The quantitative estimate of drug-likeness (QED) is 0.179. The Morgan fingerprint density at radius 1 is 0.680 bits per heavy atom. The van der Waals surface area contributed by atoms with Crippen molar-refractivity contribution >= 4 is 52.0 Å². The molecule has 0 aliphatic heterocycles. The molecule has 0 aliphatic carbocycles. The van der Waals surface area contributed by atoms with Crippen molar-refractivity contribution in [3.63, 3.8) is 0 Å². The van der Waals surface area contributed by atoms with Gasteiger partial charge in [0.2, 0.25) is 0 Å². The van der Waals surface area contributed by atoms with E-state index in [-0.39, 0.29) is 0 Å². The van der Waals surface area contributed by atoms with Crippen LogP contribution >= 0.6 is 36.7 Å². The number of nitrogens with two attached hydrogens (primary N) is 3. The number of nitrogens with one attached hydrogen (secondary N) is 3. The molecule has 0 saturated heterocycles. The lowest BCUT2D eigenvalue weighted by Crippen LogP contribution is -2.67. The lowest BCUT2D eigenvalue weighted by Gasteiger charge is -2.47. The van der Waals surface area contributed by atoms with Crippen LogP contribution in [0.5, 0.6) is 0 Å². The number of rotatable bonds is 9. The molecule has 0 spiro atoms. The highest BCUT2D eigenvalue weighted by Gasteiger charge is 2.34. The Hall–Kier alpha value is -1.05. The van der Waals surface area contributed by atoms with Crippen LogP contribution in [0.15, 0.2) is 0 Å². The molecule has 9 nitrogen and oxygen atoms in total. The Kier molecular flexibility index (Phi) is 12.6. The third kappa shape index (κ3) is 6.99. The SMILES string of the molecule is CNC(=S)N(CCN)C(N(CCN)C(=S)NC)N(CCN)C(=S)NC. The Labute approximate surface area is 166 Å². The first kappa shape index (κ1) is 23.9. The minimum atomic E-state index is -0.421. The first-order valence-electron chi connectivity index (χ1n) is 7.98. The van der Waals surface area contributed by atoms with Crippen molar-refractivity contribution in [3.05, 3.63) is 0 Å². The van der Waals surface area contributed by atoms with Crippen LogP contribution in [0.2, 0.25) is 0 Å². The highest BCUT2D eigenvalue weighted by molar-refractivity contribution is 7.80. The summed E-state index contributed by atoms with van der Waals surface area (Å²) in [4.78, 5) is 5.77. The van der Waals surface area contributed by atoms with Crippen molar-refractivity contribution in [2.24, 2.45) is 17.2 Å². The molecule has 0 aromatic rings. The molecule has 0 amide bonds. The average molecular weight is 410 g/mol. The lowest BCUT2D eigenvalue weighted by molar-refractivity contribution is 0.0489. The van der Waals surface area contributed by atoms with Gasteiger partial charge in [0, 0.05) is 60.4 Å². The number of hydrogen-bond acceptors (Lipinski definition) is 6. The van der Waals surface area contributed by atoms with Gasteiger partial charge in [-0.1, -0.05) is 0 Å². The van der Waals surface area contributed by atoms with Crippen molar-refractivity contribution in [1.82, 2.24) is 30.7 Å². The number of nitrogens with zero attached hydrogens (tertiary/aromatic N) is 3. The van der Waals surface area contributed by atoms with Crippen molar-refractivity contribution < 1.29 is 0 Å². The van der Waals surface area contributed by atoms with E-state index in [4.69, 9.17) is 53.9 Å². The monoisotopic (exact) mass is 409 g/mol. The predicted molar refractivity (Wildman–Crippen MR) is 116 cm³/mol. The van der Waals surface area contributed by atoms with E-state index < -0.39 is 6.29 Å². The van der Waals surface area contributed by atoms with Gasteiger partial charge in [-0.15, -0.1) is 0 Å². The van der Waals surface area contributed by atoms with Gasteiger partial charge >= 0.3 is 0 Å². The van der Waals surface area contributed by atoms with E-state index in [0.29, 0.717) is 54.6 Å². The zero-order chi connectivity index (χ0) is 19.4. The Balaban J connectivity index is 6.14. The zero-order valence-corrected chi connectivity index (χ0v) is 17.6. The van der Waals surface area contributed by atoms with Gasteiger partial charge in [-0.25, -0.2) is 0 Å². The molecule has 0 heterocycles. The second-order valence-corrected chi connectivity index (χ2v) is 6.12. The minimum absolute atomic E-state index is 0.407. The third-order valence-electron chi connectivity index (χ3n) is 3.37. The maximum Gasteiger partial charge on any atom is 0.186 e. The zero-order valence-electron chi connectivity index (χ0n) is 15.1. The van der Waals surface area contributed by atoms with Crippen molar-refractivity contribution in [2.75, 3.05) is 60.4 Å². The van der Waals surface area contributed by atoms with Gasteiger partial charge in [-0.2, -0.15) is 0 Å². The third-order valence-corrected chi connectivity index (χ3v) is 4.69. The van der Waals surface area contributed by atoms with Gasteiger partial charge in [-0.05, 0) is 36.7 Å². The molecule has 9 N–H and O–H groups in total. The van der Waals surface area contributed by atoms with Crippen LogP contribution in [-0.2, 0) is 0 Å². The maximum absolute atomic E-state index is 5.81. The standard InChI is InChI=1S/C13H31N9S3/c1-17-10(23)20(7-4-14)13(21(8-5-15)11(24)18-2)22(9-6-16)12(25)19-3/h13H,4-9,14-16H2,1-3H3,(H,17,23)(H,18,24)(H,19,25). The second-order valence-electron chi connectivity index (χ2n) is 4.96. The average Bonchev–Trinajstić information content (AvgIpc) is 2.63. The van der Waals surface area contributed by atoms with E-state index in [1.165, 1.54) is 0 Å². The van der Waals surface area contributed by atoms with Crippen LogP contribution in [0.4, 0.5) is 0 Å². The summed E-state index contributed by atoms with van der Waals surface area (Å²) in [5, 5.41) is 10.6. The molecule has 0 aromatic carbocycles. The molecular weight excluding hydrogens is 378 g/mol. The predicted octanol–water partition coefficient (Wildman–Crippen LogP) is -2.43. The van der Waals surface area contributed by atoms with Crippen LogP contribution in [-0.4, -0.2) is 96.7 Å². The summed E-state index contributed by atoms with van der Waals surface area (Å²) in [6.07, 6.45) is -0.421. The molecule has 0 saturated carbocycles. The fourth-order valence-electron chi connectivity index (χ4n) is 2.32. The molecule has 0 bridgehead atoms. The van der Waals surface area contributed by atoms with Crippen LogP contribution in [0, 0.1) is 0 Å². The van der Waals surface area contributed by atoms with Crippen LogP contribution in [0.1, 0.15) is 0 Å². The summed E-state index contributed by atoms with van der Waals surface area (Å²) in [7, 11) is 5.28. The summed E-state index contributed by atoms with van der Waals surface area (Å²) in [6.45, 7) is 2.74. The summed E-state index contributed by atoms with van der Waals surface area (Å²) in [5.74, 6) is 0. The normalized spacial score (nSPS) is 10.2. The topological polar surface area (TPSA) is 124 Å². The first-order valence-corrected chi connectivity index (χ1v) is 9.21. The van der Waals surface area contributed by atoms with Crippen LogP contribution in [0.3, 0.4) is 0 Å². The van der Waals surface area contributed by atoms with Crippen LogP contribution < -0.4 is 33.2 Å². The molecule has 0 aromatic heterocycles. The highest BCUT2D eigenvalue weighted by Crippen LogP contribution is 2.14. The molecule has 0 rings (SSSR count). The van der Waals surface area contributed by atoms with Crippen LogP contribution in [0.25, 0.3) is 0 Å². The smallest absolute Gasteiger partial charge is 0.186 e. The molecule has 0 fully saturated rings. The lowest BCUT2D eigenvalue weighted by atomic mass is 10.4. The summed E-state index contributed by atoms with van der Waals surface area (Å²) < 4.78 is 0.